The normalized spacial score (nSPS) is 13.7. The number of carbonyl (C=O) groups is 1. The number of fused-ring (bicyclic) bond motifs is 1. The Balaban J connectivity index is 1.39. The van der Waals surface area contributed by atoms with Crippen molar-refractivity contribution < 1.29 is 17.9 Å². The number of amides is 1. The molecule has 0 aliphatic heterocycles. The van der Waals surface area contributed by atoms with Gasteiger partial charge in [0, 0.05) is 50.8 Å². The molecule has 1 aliphatic carbocycles. The molecule has 0 radical (unpaired) electrons. The van der Waals surface area contributed by atoms with Gasteiger partial charge in [0.1, 0.15) is 6.61 Å². The fraction of sp³-hybridized carbons (Fsp3) is 0.360. The lowest BCUT2D eigenvalue weighted by molar-refractivity contribution is 0.0947. The van der Waals surface area contributed by atoms with Gasteiger partial charge < -0.3 is 9.64 Å². The van der Waals surface area contributed by atoms with Gasteiger partial charge in [-0.3, -0.25) is 9.08 Å². The van der Waals surface area contributed by atoms with E-state index in [0.717, 1.165) is 30.2 Å². The second-order valence-electron chi connectivity index (χ2n) is 9.23. The van der Waals surface area contributed by atoms with Crippen molar-refractivity contribution in [1.29, 1.82) is 0 Å². The second-order valence-corrected chi connectivity index (χ2v) is 11.2. The number of sulfone groups is 1. The van der Waals surface area contributed by atoms with Gasteiger partial charge >= 0.3 is 6.09 Å². The standard InChI is InChI=1S/C25H28N6O4S/c1-29-15-20(12-27-29)22-13-26-23-24(36(2,33)34)28-21(16-31(22)23)10-11-30(14-18-8-9-18)25(32)35-17-19-6-4-3-5-7-19/h3-7,12-13,15-16,18H,8-11,14,17H2,1-2H3. The molecule has 36 heavy (non-hydrogen) atoms. The first-order valence-electron chi connectivity index (χ1n) is 11.8. The van der Waals surface area contributed by atoms with E-state index in [9.17, 15) is 13.2 Å². The molecule has 4 aromatic rings. The lowest BCUT2D eigenvalue weighted by Crippen LogP contribution is -2.35. The maximum Gasteiger partial charge on any atom is 0.410 e. The maximum atomic E-state index is 12.9. The third kappa shape index (κ3) is 5.40. The Labute approximate surface area is 209 Å². The van der Waals surface area contributed by atoms with Crippen molar-refractivity contribution in [3.8, 4) is 11.3 Å². The van der Waals surface area contributed by atoms with Crippen LogP contribution in [0.4, 0.5) is 4.79 Å². The number of hydrogen-bond acceptors (Lipinski definition) is 7. The van der Waals surface area contributed by atoms with Crippen LogP contribution in [0.2, 0.25) is 0 Å². The number of hydrogen-bond donors (Lipinski definition) is 0. The first-order chi connectivity index (χ1) is 17.3. The highest BCUT2D eigenvalue weighted by Crippen LogP contribution is 2.30. The molecular weight excluding hydrogens is 480 g/mol. The number of rotatable bonds is 9. The van der Waals surface area contributed by atoms with E-state index in [1.54, 1.807) is 32.6 Å². The van der Waals surface area contributed by atoms with E-state index in [2.05, 4.69) is 15.1 Å². The molecule has 1 fully saturated rings. The van der Waals surface area contributed by atoms with Gasteiger partial charge in [-0.05, 0) is 24.3 Å². The van der Waals surface area contributed by atoms with Crippen molar-refractivity contribution in [2.24, 2.45) is 13.0 Å². The van der Waals surface area contributed by atoms with Gasteiger partial charge in [0.2, 0.25) is 0 Å². The largest absolute Gasteiger partial charge is 0.445 e. The number of carbonyl (C=O) groups excluding carboxylic acids is 1. The van der Waals surface area contributed by atoms with Crippen LogP contribution < -0.4 is 0 Å². The Morgan fingerprint density at radius 1 is 1.17 bits per heavy atom. The number of aryl methyl sites for hydroxylation is 1. The summed E-state index contributed by atoms with van der Waals surface area (Å²) in [6, 6.07) is 9.55. The summed E-state index contributed by atoms with van der Waals surface area (Å²) in [5, 5.41) is 4.12. The molecule has 11 heteroatoms. The number of benzene rings is 1. The average Bonchev–Trinajstić information content (AvgIpc) is 3.42. The van der Waals surface area contributed by atoms with Crippen LogP contribution >= 0.6 is 0 Å². The minimum atomic E-state index is -3.64. The highest BCUT2D eigenvalue weighted by molar-refractivity contribution is 7.90. The fourth-order valence-electron chi connectivity index (χ4n) is 4.07. The number of nitrogens with zero attached hydrogens (tertiary/aromatic N) is 6. The number of imidazole rings is 1. The average molecular weight is 509 g/mol. The summed E-state index contributed by atoms with van der Waals surface area (Å²) >= 11 is 0. The van der Waals surface area contributed by atoms with Crippen LogP contribution in [0.15, 0.2) is 60.1 Å². The van der Waals surface area contributed by atoms with Gasteiger partial charge in [0.05, 0.1) is 23.8 Å². The molecular formula is C25H28N6O4S. The lowest BCUT2D eigenvalue weighted by atomic mass is 10.2. The molecule has 0 saturated heterocycles. The topological polar surface area (TPSA) is 112 Å². The third-order valence-electron chi connectivity index (χ3n) is 6.14. The molecule has 3 heterocycles. The predicted octanol–water partition coefficient (Wildman–Crippen LogP) is 3.12. The first kappa shape index (κ1) is 24.0. The van der Waals surface area contributed by atoms with Crippen molar-refractivity contribution in [2.45, 2.75) is 30.9 Å². The van der Waals surface area contributed by atoms with Crippen molar-refractivity contribution in [1.82, 2.24) is 29.0 Å². The van der Waals surface area contributed by atoms with E-state index in [0.29, 0.717) is 36.8 Å². The van der Waals surface area contributed by atoms with E-state index in [-0.39, 0.29) is 23.4 Å². The van der Waals surface area contributed by atoms with Crippen LogP contribution in [-0.4, -0.2) is 62.9 Å². The Kier molecular flexibility index (Phi) is 6.48. The van der Waals surface area contributed by atoms with Gasteiger partial charge in [-0.25, -0.2) is 23.2 Å². The molecule has 1 aliphatic rings. The van der Waals surface area contributed by atoms with E-state index in [1.165, 1.54) is 0 Å². The molecule has 5 rings (SSSR count). The minimum Gasteiger partial charge on any atom is -0.445 e. The van der Waals surface area contributed by atoms with Gasteiger partial charge in [0.15, 0.2) is 20.5 Å². The van der Waals surface area contributed by atoms with E-state index in [1.807, 2.05) is 43.6 Å². The second kappa shape index (κ2) is 9.73. The van der Waals surface area contributed by atoms with Crippen LogP contribution in [0.3, 0.4) is 0 Å². The number of aromatic nitrogens is 5. The lowest BCUT2D eigenvalue weighted by Gasteiger charge is -2.22. The molecule has 188 valence electrons. The van der Waals surface area contributed by atoms with Crippen LogP contribution in [0.1, 0.15) is 24.1 Å². The monoisotopic (exact) mass is 508 g/mol. The third-order valence-corrected chi connectivity index (χ3v) is 7.12. The van der Waals surface area contributed by atoms with Gasteiger partial charge in [0.25, 0.3) is 0 Å². The highest BCUT2D eigenvalue weighted by Gasteiger charge is 2.28. The van der Waals surface area contributed by atoms with E-state index >= 15 is 0 Å². The summed E-state index contributed by atoms with van der Waals surface area (Å²) in [7, 11) is -1.83. The summed E-state index contributed by atoms with van der Waals surface area (Å²) in [5.41, 5.74) is 3.25. The molecule has 1 aromatic carbocycles. The molecule has 0 bridgehead atoms. The van der Waals surface area contributed by atoms with Crippen LogP contribution in [-0.2, 0) is 34.6 Å². The summed E-state index contributed by atoms with van der Waals surface area (Å²) in [5.74, 6) is 0.474. The van der Waals surface area contributed by atoms with E-state index < -0.39 is 9.84 Å². The highest BCUT2D eigenvalue weighted by atomic mass is 32.2. The summed E-state index contributed by atoms with van der Waals surface area (Å²) in [6.45, 7) is 1.18. The fourth-order valence-corrected chi connectivity index (χ4v) is 4.84. The number of ether oxygens (including phenoxy) is 1. The van der Waals surface area contributed by atoms with Gasteiger partial charge in [-0.1, -0.05) is 30.3 Å². The van der Waals surface area contributed by atoms with Crippen LogP contribution in [0.5, 0.6) is 0 Å². The smallest absolute Gasteiger partial charge is 0.410 e. The first-order valence-corrected chi connectivity index (χ1v) is 13.7. The Morgan fingerprint density at radius 2 is 1.94 bits per heavy atom. The predicted molar refractivity (Wildman–Crippen MR) is 133 cm³/mol. The van der Waals surface area contributed by atoms with Gasteiger partial charge in [-0.15, -0.1) is 0 Å². The Hall–Kier alpha value is -3.73. The Bertz CT molecular complexity index is 1490. The maximum absolute atomic E-state index is 12.9. The summed E-state index contributed by atoms with van der Waals surface area (Å²) in [6.07, 6.45) is 10.2. The van der Waals surface area contributed by atoms with Crippen LogP contribution in [0.25, 0.3) is 16.9 Å². The van der Waals surface area contributed by atoms with Crippen molar-refractivity contribution in [3.63, 3.8) is 0 Å². The minimum absolute atomic E-state index is 0.0875. The van der Waals surface area contributed by atoms with Crippen molar-refractivity contribution in [2.75, 3.05) is 19.3 Å². The molecule has 0 unspecified atom stereocenters. The van der Waals surface area contributed by atoms with Crippen molar-refractivity contribution >= 4 is 21.6 Å². The van der Waals surface area contributed by atoms with Gasteiger partial charge in [-0.2, -0.15) is 5.10 Å². The summed E-state index contributed by atoms with van der Waals surface area (Å²) in [4.78, 5) is 23.4. The zero-order chi connectivity index (χ0) is 25.3. The molecule has 1 amide bonds. The SMILES string of the molecule is Cn1cc(-c2cnc3c(S(C)(=O)=O)nc(CCN(CC4CC4)C(=O)OCc4ccccc4)cn23)cn1. The quantitative estimate of drug-likeness (QED) is 0.341. The zero-order valence-electron chi connectivity index (χ0n) is 20.2. The molecule has 0 N–H and O–H groups in total. The summed E-state index contributed by atoms with van der Waals surface area (Å²) < 4.78 is 34.1. The zero-order valence-corrected chi connectivity index (χ0v) is 21.1. The van der Waals surface area contributed by atoms with Crippen LogP contribution in [0, 0.1) is 5.92 Å². The molecule has 1 saturated carbocycles. The molecule has 0 atom stereocenters. The molecule has 3 aromatic heterocycles. The Morgan fingerprint density at radius 3 is 2.61 bits per heavy atom. The van der Waals surface area contributed by atoms with Crippen molar-refractivity contribution in [3.05, 3.63) is 66.4 Å². The molecule has 0 spiro atoms. The molecule has 10 nitrogen and oxygen atoms in total. The van der Waals surface area contributed by atoms with E-state index in [4.69, 9.17) is 4.74 Å².